The molecule has 0 spiro atoms. The number of benzene rings is 2. The Balaban J connectivity index is 2.13. The fraction of sp³-hybridized carbons (Fsp3) is 0.333. The Morgan fingerprint density at radius 1 is 1.00 bits per heavy atom. The molecule has 0 bridgehead atoms. The third kappa shape index (κ3) is 6.12. The lowest BCUT2D eigenvalue weighted by Gasteiger charge is -2.13. The van der Waals surface area contributed by atoms with Gasteiger partial charge in [-0.3, -0.25) is 4.79 Å². The fourth-order valence-corrected chi connectivity index (χ4v) is 3.10. The molecule has 0 unspecified atom stereocenters. The molecule has 0 saturated heterocycles. The molecule has 0 heterocycles. The number of carbonyl (C=O) groups is 1. The van der Waals surface area contributed by atoms with Gasteiger partial charge in [-0.1, -0.05) is 0 Å². The first-order chi connectivity index (χ1) is 14.0. The van der Waals surface area contributed by atoms with Gasteiger partial charge in [0, 0.05) is 5.56 Å². The van der Waals surface area contributed by atoms with Gasteiger partial charge in [0.15, 0.2) is 23.0 Å². The number of nitrogens with zero attached hydrogens (tertiary/aromatic N) is 1. The number of rotatable bonds is 10. The summed E-state index contributed by atoms with van der Waals surface area (Å²) >= 11 is 3.48. The zero-order valence-corrected chi connectivity index (χ0v) is 18.5. The Morgan fingerprint density at radius 3 is 2.34 bits per heavy atom. The summed E-state index contributed by atoms with van der Waals surface area (Å²) in [6, 6.07) is 8.59. The summed E-state index contributed by atoms with van der Waals surface area (Å²) < 4.78 is 22.7. The minimum absolute atomic E-state index is 0.363. The SMILES string of the molecule is CCOc1ccc(C(=O)N/N=C/c2cc(Br)c(OCC)c(OCC)c2)cc1OC. The Morgan fingerprint density at radius 2 is 1.69 bits per heavy atom. The number of hydrazone groups is 1. The van der Waals surface area contributed by atoms with Crippen molar-refractivity contribution in [2.24, 2.45) is 5.10 Å². The van der Waals surface area contributed by atoms with E-state index < -0.39 is 0 Å². The zero-order valence-electron chi connectivity index (χ0n) is 17.0. The molecule has 1 amide bonds. The van der Waals surface area contributed by atoms with Crippen LogP contribution in [0, 0.1) is 0 Å². The van der Waals surface area contributed by atoms with Gasteiger partial charge in [-0.25, -0.2) is 5.43 Å². The summed E-state index contributed by atoms with van der Waals surface area (Å²) in [7, 11) is 1.53. The zero-order chi connectivity index (χ0) is 21.2. The van der Waals surface area contributed by atoms with E-state index in [1.165, 1.54) is 13.3 Å². The molecule has 8 heteroatoms. The van der Waals surface area contributed by atoms with E-state index in [-0.39, 0.29) is 5.91 Å². The average Bonchev–Trinajstić information content (AvgIpc) is 2.71. The van der Waals surface area contributed by atoms with Crippen LogP contribution in [0.1, 0.15) is 36.7 Å². The number of amides is 1. The number of carbonyl (C=O) groups excluding carboxylic acids is 1. The van der Waals surface area contributed by atoms with E-state index in [0.717, 1.165) is 10.0 Å². The lowest BCUT2D eigenvalue weighted by atomic mass is 10.2. The highest BCUT2D eigenvalue weighted by Crippen LogP contribution is 2.36. The van der Waals surface area contributed by atoms with Crippen LogP contribution in [-0.4, -0.2) is 39.1 Å². The molecule has 0 aliphatic rings. The molecule has 1 N–H and O–H groups in total. The second-order valence-corrected chi connectivity index (χ2v) is 6.55. The van der Waals surface area contributed by atoms with Crippen LogP contribution in [0.5, 0.6) is 23.0 Å². The van der Waals surface area contributed by atoms with E-state index in [0.29, 0.717) is 48.4 Å². The maximum absolute atomic E-state index is 12.4. The number of ether oxygens (including phenoxy) is 4. The van der Waals surface area contributed by atoms with Gasteiger partial charge in [0.1, 0.15) is 0 Å². The van der Waals surface area contributed by atoms with Crippen LogP contribution in [-0.2, 0) is 0 Å². The van der Waals surface area contributed by atoms with E-state index in [9.17, 15) is 4.79 Å². The molecule has 0 atom stereocenters. The van der Waals surface area contributed by atoms with Crippen molar-refractivity contribution < 1.29 is 23.7 Å². The molecular formula is C21H25BrN2O5. The Labute approximate surface area is 179 Å². The summed E-state index contributed by atoms with van der Waals surface area (Å²) in [5.74, 6) is 1.94. The van der Waals surface area contributed by atoms with Crippen LogP contribution in [0.15, 0.2) is 39.9 Å². The molecule has 0 aliphatic heterocycles. The van der Waals surface area contributed by atoms with Gasteiger partial charge in [-0.2, -0.15) is 5.10 Å². The molecule has 7 nitrogen and oxygen atoms in total. The highest BCUT2D eigenvalue weighted by atomic mass is 79.9. The van der Waals surface area contributed by atoms with Gasteiger partial charge >= 0.3 is 0 Å². The molecule has 156 valence electrons. The average molecular weight is 465 g/mol. The van der Waals surface area contributed by atoms with E-state index in [4.69, 9.17) is 18.9 Å². The van der Waals surface area contributed by atoms with Crippen LogP contribution in [0.4, 0.5) is 0 Å². The summed E-state index contributed by atoms with van der Waals surface area (Å²) in [6.07, 6.45) is 1.53. The minimum Gasteiger partial charge on any atom is -0.493 e. The van der Waals surface area contributed by atoms with Crippen molar-refractivity contribution in [2.75, 3.05) is 26.9 Å². The van der Waals surface area contributed by atoms with Crippen molar-refractivity contribution >= 4 is 28.1 Å². The smallest absolute Gasteiger partial charge is 0.271 e. The van der Waals surface area contributed by atoms with Gasteiger partial charge in [0.2, 0.25) is 0 Å². The normalized spacial score (nSPS) is 10.7. The van der Waals surface area contributed by atoms with Crippen molar-refractivity contribution in [3.05, 3.63) is 45.9 Å². The molecule has 2 aromatic rings. The summed E-state index contributed by atoms with van der Waals surface area (Å²) in [6.45, 7) is 7.22. The molecule has 0 aliphatic carbocycles. The van der Waals surface area contributed by atoms with E-state index in [1.807, 2.05) is 26.8 Å². The first-order valence-electron chi connectivity index (χ1n) is 9.27. The number of hydrogen-bond acceptors (Lipinski definition) is 6. The fourth-order valence-electron chi connectivity index (χ4n) is 2.52. The molecule has 29 heavy (non-hydrogen) atoms. The van der Waals surface area contributed by atoms with E-state index in [2.05, 4.69) is 26.5 Å². The molecular weight excluding hydrogens is 440 g/mol. The first kappa shape index (κ1) is 22.5. The number of halogens is 1. The number of nitrogens with one attached hydrogen (secondary N) is 1. The van der Waals surface area contributed by atoms with Crippen LogP contribution < -0.4 is 24.4 Å². The Kier molecular flexibility index (Phi) is 8.79. The topological polar surface area (TPSA) is 78.4 Å². The summed E-state index contributed by atoms with van der Waals surface area (Å²) in [5, 5.41) is 4.04. The maximum atomic E-state index is 12.4. The predicted molar refractivity (Wildman–Crippen MR) is 116 cm³/mol. The lowest BCUT2D eigenvalue weighted by molar-refractivity contribution is 0.0954. The lowest BCUT2D eigenvalue weighted by Crippen LogP contribution is -2.17. The van der Waals surface area contributed by atoms with E-state index in [1.54, 1.807) is 24.3 Å². The molecule has 2 rings (SSSR count). The second-order valence-electron chi connectivity index (χ2n) is 5.69. The van der Waals surface area contributed by atoms with Crippen LogP contribution in [0.25, 0.3) is 0 Å². The number of methoxy groups -OCH3 is 1. The van der Waals surface area contributed by atoms with Gasteiger partial charge < -0.3 is 18.9 Å². The monoisotopic (exact) mass is 464 g/mol. The van der Waals surface area contributed by atoms with Gasteiger partial charge in [-0.15, -0.1) is 0 Å². The third-order valence-corrected chi connectivity index (χ3v) is 4.31. The van der Waals surface area contributed by atoms with E-state index >= 15 is 0 Å². The summed E-state index contributed by atoms with van der Waals surface area (Å²) in [5.41, 5.74) is 3.66. The Bertz CT molecular complexity index is 870. The van der Waals surface area contributed by atoms with Gasteiger partial charge in [0.25, 0.3) is 5.91 Å². The van der Waals surface area contributed by atoms with Crippen molar-refractivity contribution in [1.29, 1.82) is 0 Å². The molecule has 0 fully saturated rings. The quantitative estimate of drug-likeness (QED) is 0.415. The van der Waals surface area contributed by atoms with Gasteiger partial charge in [-0.05, 0) is 72.6 Å². The summed E-state index contributed by atoms with van der Waals surface area (Å²) in [4.78, 5) is 12.4. The van der Waals surface area contributed by atoms with Crippen molar-refractivity contribution in [3.63, 3.8) is 0 Å². The van der Waals surface area contributed by atoms with Crippen molar-refractivity contribution in [2.45, 2.75) is 20.8 Å². The van der Waals surface area contributed by atoms with Crippen molar-refractivity contribution in [1.82, 2.24) is 5.43 Å². The molecule has 0 saturated carbocycles. The Hall–Kier alpha value is -2.74. The second kappa shape index (κ2) is 11.3. The predicted octanol–water partition coefficient (Wildman–Crippen LogP) is 4.42. The highest BCUT2D eigenvalue weighted by molar-refractivity contribution is 9.10. The molecule has 2 aromatic carbocycles. The maximum Gasteiger partial charge on any atom is 0.271 e. The van der Waals surface area contributed by atoms with Gasteiger partial charge in [0.05, 0.1) is 37.6 Å². The van der Waals surface area contributed by atoms with Crippen LogP contribution >= 0.6 is 15.9 Å². The molecule has 0 radical (unpaired) electrons. The third-order valence-electron chi connectivity index (χ3n) is 3.73. The van der Waals surface area contributed by atoms with Crippen molar-refractivity contribution in [3.8, 4) is 23.0 Å². The largest absolute Gasteiger partial charge is 0.493 e. The standard InChI is InChI=1S/C21H25BrN2O5/c1-5-27-17-9-8-15(12-18(17)26-4)21(25)24-23-13-14-10-16(22)20(29-7-3)19(11-14)28-6-2/h8-13H,5-7H2,1-4H3,(H,24,25)/b23-13+. The first-order valence-corrected chi connectivity index (χ1v) is 10.1. The molecule has 0 aromatic heterocycles. The highest BCUT2D eigenvalue weighted by Gasteiger charge is 2.12. The minimum atomic E-state index is -0.363. The number of hydrogen-bond donors (Lipinski definition) is 1. The van der Waals surface area contributed by atoms with Crippen LogP contribution in [0.2, 0.25) is 0 Å². The van der Waals surface area contributed by atoms with Crippen LogP contribution in [0.3, 0.4) is 0 Å².